The number of carbonyl (C=O) groups is 1. The molecule has 4 N–H and O–H groups in total. The van der Waals surface area contributed by atoms with Gasteiger partial charge >= 0.3 is 0 Å². The number of nitrogens with two attached hydrogens (primary N) is 1. The summed E-state index contributed by atoms with van der Waals surface area (Å²) in [5.74, 6) is -0.549. The third-order valence-corrected chi connectivity index (χ3v) is 3.77. The second-order valence-electron chi connectivity index (χ2n) is 5.21. The van der Waals surface area contributed by atoms with Crippen molar-refractivity contribution < 1.29 is 9.32 Å². The van der Waals surface area contributed by atoms with Crippen molar-refractivity contribution in [1.82, 2.24) is 10.1 Å². The Morgan fingerprint density at radius 3 is 2.81 bits per heavy atom. The third-order valence-electron chi connectivity index (χ3n) is 3.49. The Labute approximate surface area is 152 Å². The largest absolute Gasteiger partial charge is 0.398 e. The molecule has 1 aromatic carbocycles. The van der Waals surface area contributed by atoms with E-state index >= 15 is 0 Å². The Morgan fingerprint density at radius 2 is 2.15 bits per heavy atom. The van der Waals surface area contributed by atoms with Crippen LogP contribution in [0.15, 0.2) is 47.4 Å². The van der Waals surface area contributed by atoms with E-state index in [4.69, 9.17) is 32.5 Å². The van der Waals surface area contributed by atoms with Gasteiger partial charge in [0.15, 0.2) is 0 Å². The van der Waals surface area contributed by atoms with E-state index in [0.717, 1.165) is 0 Å². The normalized spacial score (nSPS) is 10.2. The van der Waals surface area contributed by atoms with Gasteiger partial charge in [-0.05, 0) is 24.3 Å². The minimum absolute atomic E-state index is 0.0156. The van der Waals surface area contributed by atoms with Crippen LogP contribution in [-0.4, -0.2) is 21.8 Å². The van der Waals surface area contributed by atoms with Gasteiger partial charge in [0.25, 0.3) is 5.91 Å². The Morgan fingerprint density at radius 1 is 1.35 bits per heavy atom. The molecule has 0 fully saturated rings. The van der Waals surface area contributed by atoms with Crippen molar-refractivity contribution >= 4 is 34.6 Å². The average molecular weight is 367 g/mol. The number of hydrogen-bond donors (Lipinski definition) is 3. The highest BCUT2D eigenvalue weighted by Crippen LogP contribution is 2.22. The molecular formula is C17H11ClN6O2. The van der Waals surface area contributed by atoms with Crippen LogP contribution in [0.2, 0.25) is 5.02 Å². The van der Waals surface area contributed by atoms with Crippen LogP contribution in [0.3, 0.4) is 0 Å². The minimum atomic E-state index is -0.549. The Bertz CT molecular complexity index is 1040. The number of carbonyl (C=O) groups excluding carboxylic acids is 1. The molecule has 0 aliphatic heterocycles. The van der Waals surface area contributed by atoms with E-state index in [1.54, 1.807) is 18.2 Å². The molecule has 0 aliphatic rings. The van der Waals surface area contributed by atoms with Crippen molar-refractivity contribution in [3.63, 3.8) is 0 Å². The molecule has 9 heteroatoms. The van der Waals surface area contributed by atoms with Crippen molar-refractivity contribution in [2.45, 2.75) is 0 Å². The van der Waals surface area contributed by atoms with Gasteiger partial charge in [-0.3, -0.25) is 10.2 Å². The smallest absolute Gasteiger partial charge is 0.275 e. The number of nitrogens with one attached hydrogen (secondary N) is 2. The summed E-state index contributed by atoms with van der Waals surface area (Å²) in [7, 11) is 0. The second-order valence-corrected chi connectivity index (χ2v) is 5.62. The van der Waals surface area contributed by atoms with Gasteiger partial charge in [-0.1, -0.05) is 16.8 Å². The molecular weight excluding hydrogens is 356 g/mol. The van der Waals surface area contributed by atoms with Crippen LogP contribution in [0.1, 0.15) is 27.2 Å². The van der Waals surface area contributed by atoms with Gasteiger partial charge in [0.1, 0.15) is 18.0 Å². The van der Waals surface area contributed by atoms with E-state index in [1.165, 1.54) is 24.7 Å². The third kappa shape index (κ3) is 3.38. The van der Waals surface area contributed by atoms with E-state index in [0.29, 0.717) is 22.5 Å². The zero-order chi connectivity index (χ0) is 18.7. The number of nitrogen functional groups attached to an aromatic ring is 1. The summed E-state index contributed by atoms with van der Waals surface area (Å²) < 4.78 is 4.73. The van der Waals surface area contributed by atoms with E-state index < -0.39 is 5.91 Å². The van der Waals surface area contributed by atoms with E-state index in [1.807, 2.05) is 6.07 Å². The highest BCUT2D eigenvalue weighted by molar-refractivity contribution is 6.34. The Balaban J connectivity index is 1.87. The summed E-state index contributed by atoms with van der Waals surface area (Å²) >= 11 is 6.00. The molecule has 0 atom stereocenters. The lowest BCUT2D eigenvalue weighted by Crippen LogP contribution is -2.15. The van der Waals surface area contributed by atoms with Crippen LogP contribution in [0, 0.1) is 16.7 Å². The van der Waals surface area contributed by atoms with Gasteiger partial charge < -0.3 is 15.6 Å². The number of hydrogen-bond acceptors (Lipinski definition) is 7. The topological polar surface area (TPSA) is 142 Å². The maximum absolute atomic E-state index is 12.4. The first-order valence-electron chi connectivity index (χ1n) is 7.25. The highest BCUT2D eigenvalue weighted by atomic mass is 35.5. The maximum Gasteiger partial charge on any atom is 0.275 e. The molecule has 26 heavy (non-hydrogen) atoms. The minimum Gasteiger partial charge on any atom is -0.398 e. The zero-order valence-electron chi connectivity index (χ0n) is 13.2. The van der Waals surface area contributed by atoms with Crippen LogP contribution in [0.4, 0.5) is 11.4 Å². The van der Waals surface area contributed by atoms with Crippen LogP contribution < -0.4 is 11.1 Å². The summed E-state index contributed by atoms with van der Waals surface area (Å²) in [4.78, 5) is 16.3. The Hall–Kier alpha value is -3.70. The fourth-order valence-corrected chi connectivity index (χ4v) is 2.44. The standard InChI is InChI=1S/C17H11ClN6O2/c18-13-3-9(5-19)6-22-16(13)17(25)24-11-1-2-14(20)12(4-11)15(21)10-7-23-26-8-10/h1-4,6-8,21H,20H2,(H,24,25). The number of nitrogens with zero attached hydrogens (tertiary/aromatic N) is 3. The van der Waals surface area contributed by atoms with Gasteiger partial charge in [-0.2, -0.15) is 5.26 Å². The molecule has 128 valence electrons. The molecule has 1 amide bonds. The summed E-state index contributed by atoms with van der Waals surface area (Å²) in [5, 5.41) is 23.3. The lowest BCUT2D eigenvalue weighted by molar-refractivity contribution is 0.102. The monoisotopic (exact) mass is 366 g/mol. The van der Waals surface area contributed by atoms with Crippen molar-refractivity contribution in [3.05, 3.63) is 70.3 Å². The fraction of sp³-hybridized carbons (Fsp3) is 0. The number of benzene rings is 1. The van der Waals surface area contributed by atoms with Crippen molar-refractivity contribution in [1.29, 1.82) is 10.7 Å². The van der Waals surface area contributed by atoms with Crippen molar-refractivity contribution in [2.24, 2.45) is 0 Å². The lowest BCUT2D eigenvalue weighted by Gasteiger charge is -2.10. The van der Waals surface area contributed by atoms with Gasteiger partial charge in [-0.25, -0.2) is 4.98 Å². The molecule has 0 spiro atoms. The first-order chi connectivity index (χ1) is 12.5. The van der Waals surface area contributed by atoms with E-state index in [-0.39, 0.29) is 22.0 Å². The molecule has 3 rings (SSSR count). The maximum atomic E-state index is 12.4. The molecule has 2 aromatic heterocycles. The predicted octanol–water partition coefficient (Wildman–Crippen LogP) is 2.85. The Kier molecular flexibility index (Phi) is 4.64. The molecule has 0 saturated carbocycles. The summed E-state index contributed by atoms with van der Waals surface area (Å²) in [5.41, 5.74) is 7.90. The molecule has 0 aliphatic carbocycles. The van der Waals surface area contributed by atoms with Gasteiger partial charge in [0.2, 0.25) is 0 Å². The molecule has 0 saturated heterocycles. The number of rotatable bonds is 4. The van der Waals surface area contributed by atoms with Crippen LogP contribution >= 0.6 is 11.6 Å². The number of nitriles is 1. The van der Waals surface area contributed by atoms with Crippen molar-refractivity contribution in [3.8, 4) is 6.07 Å². The molecule has 0 unspecified atom stereocenters. The molecule has 0 radical (unpaired) electrons. The van der Waals surface area contributed by atoms with Crippen LogP contribution in [0.5, 0.6) is 0 Å². The number of aromatic nitrogens is 2. The molecule has 8 nitrogen and oxygen atoms in total. The van der Waals surface area contributed by atoms with Crippen LogP contribution in [-0.2, 0) is 0 Å². The zero-order valence-corrected chi connectivity index (χ0v) is 13.9. The summed E-state index contributed by atoms with van der Waals surface area (Å²) in [6.07, 6.45) is 3.98. The second kappa shape index (κ2) is 7.04. The summed E-state index contributed by atoms with van der Waals surface area (Å²) in [6.45, 7) is 0. The SMILES string of the molecule is N#Cc1cnc(C(=O)Nc2ccc(N)c(C(=N)c3cnoc3)c2)c(Cl)c1. The highest BCUT2D eigenvalue weighted by Gasteiger charge is 2.16. The predicted molar refractivity (Wildman–Crippen MR) is 95.2 cm³/mol. The van der Waals surface area contributed by atoms with Gasteiger partial charge in [-0.15, -0.1) is 0 Å². The van der Waals surface area contributed by atoms with Crippen molar-refractivity contribution in [2.75, 3.05) is 11.1 Å². The van der Waals surface area contributed by atoms with Gasteiger partial charge in [0.05, 0.1) is 28.1 Å². The summed E-state index contributed by atoms with van der Waals surface area (Å²) in [6, 6.07) is 7.97. The van der Waals surface area contributed by atoms with Gasteiger partial charge in [0, 0.05) is 23.1 Å². The number of anilines is 2. The average Bonchev–Trinajstić information content (AvgIpc) is 3.17. The molecule has 0 bridgehead atoms. The number of amides is 1. The number of halogens is 1. The first-order valence-corrected chi connectivity index (χ1v) is 7.62. The van der Waals surface area contributed by atoms with E-state index in [2.05, 4.69) is 15.5 Å². The molecule has 2 heterocycles. The first kappa shape index (κ1) is 17.1. The fourth-order valence-electron chi connectivity index (χ4n) is 2.19. The number of pyridine rings is 1. The van der Waals surface area contributed by atoms with Crippen LogP contribution in [0.25, 0.3) is 0 Å². The quantitative estimate of drug-likeness (QED) is 0.478. The molecule has 3 aromatic rings. The lowest BCUT2D eigenvalue weighted by atomic mass is 10.0. The van der Waals surface area contributed by atoms with E-state index in [9.17, 15) is 4.79 Å².